The van der Waals surface area contributed by atoms with Crippen molar-refractivity contribution in [2.45, 2.75) is 12.8 Å². The summed E-state index contributed by atoms with van der Waals surface area (Å²) in [5.74, 6) is -0.0124. The zero-order valence-corrected chi connectivity index (χ0v) is 11.8. The van der Waals surface area contributed by atoms with Gasteiger partial charge in [0.1, 0.15) is 0 Å². The van der Waals surface area contributed by atoms with E-state index in [1.165, 1.54) is 12.8 Å². The van der Waals surface area contributed by atoms with Gasteiger partial charge in [-0.2, -0.15) is 5.10 Å². The summed E-state index contributed by atoms with van der Waals surface area (Å²) >= 11 is 0. The van der Waals surface area contributed by atoms with Crippen molar-refractivity contribution in [2.75, 3.05) is 33.2 Å². The summed E-state index contributed by atoms with van der Waals surface area (Å²) in [6, 6.07) is 7.73. The number of aromatic nitrogens is 2. The molecule has 1 fully saturated rings. The Morgan fingerprint density at radius 3 is 2.90 bits per heavy atom. The molecule has 3 rings (SSSR count). The number of para-hydroxylation sites is 1. The number of H-pyrrole nitrogens is 1. The van der Waals surface area contributed by atoms with Crippen LogP contribution in [0.3, 0.4) is 0 Å². The standard InChI is InChI=1S/C15H20N4O/c1-18(10-11-19-8-4-5-9-19)15(20)14-12-6-2-3-7-13(12)16-17-14/h2-3,6-7H,4-5,8-11H2,1H3,(H,16,17). The van der Waals surface area contributed by atoms with Crippen LogP contribution >= 0.6 is 0 Å². The Hall–Kier alpha value is -1.88. The number of carbonyl (C=O) groups excluding carboxylic acids is 1. The van der Waals surface area contributed by atoms with Crippen molar-refractivity contribution in [1.82, 2.24) is 20.0 Å². The molecule has 1 aliphatic heterocycles. The van der Waals surface area contributed by atoms with Crippen LogP contribution in [0.5, 0.6) is 0 Å². The molecule has 1 aromatic carbocycles. The highest BCUT2D eigenvalue weighted by atomic mass is 16.2. The number of benzene rings is 1. The van der Waals surface area contributed by atoms with E-state index in [2.05, 4.69) is 15.1 Å². The summed E-state index contributed by atoms with van der Waals surface area (Å²) in [5.41, 5.74) is 1.42. The summed E-state index contributed by atoms with van der Waals surface area (Å²) in [6.07, 6.45) is 2.56. The van der Waals surface area contributed by atoms with Gasteiger partial charge in [-0.15, -0.1) is 0 Å². The van der Waals surface area contributed by atoms with E-state index < -0.39 is 0 Å². The third kappa shape index (κ3) is 2.54. The van der Waals surface area contributed by atoms with Crippen LogP contribution in [0, 0.1) is 0 Å². The SMILES string of the molecule is CN(CCN1CCCC1)C(=O)c1n[nH]c2ccccc12. The minimum absolute atomic E-state index is 0.0124. The van der Waals surface area contributed by atoms with Gasteiger partial charge in [-0.3, -0.25) is 9.89 Å². The van der Waals surface area contributed by atoms with Gasteiger partial charge in [0.2, 0.25) is 0 Å². The second kappa shape index (κ2) is 5.63. The Morgan fingerprint density at radius 2 is 2.10 bits per heavy atom. The molecular weight excluding hydrogens is 252 g/mol. The molecule has 1 aliphatic rings. The third-order valence-electron chi connectivity index (χ3n) is 3.97. The maximum atomic E-state index is 12.4. The number of likely N-dealkylation sites (tertiary alicyclic amines) is 1. The highest BCUT2D eigenvalue weighted by Crippen LogP contribution is 2.16. The molecule has 5 nitrogen and oxygen atoms in total. The topological polar surface area (TPSA) is 52.2 Å². The number of carbonyl (C=O) groups is 1. The van der Waals surface area contributed by atoms with E-state index in [4.69, 9.17) is 0 Å². The number of likely N-dealkylation sites (N-methyl/N-ethyl adjacent to an activating group) is 1. The Balaban J connectivity index is 1.68. The van der Waals surface area contributed by atoms with Gasteiger partial charge in [0.25, 0.3) is 5.91 Å². The van der Waals surface area contributed by atoms with E-state index in [1.54, 1.807) is 4.90 Å². The van der Waals surface area contributed by atoms with E-state index >= 15 is 0 Å². The summed E-state index contributed by atoms with van der Waals surface area (Å²) in [4.78, 5) is 16.6. The fourth-order valence-electron chi connectivity index (χ4n) is 2.71. The normalized spacial score (nSPS) is 15.8. The minimum Gasteiger partial charge on any atom is -0.339 e. The summed E-state index contributed by atoms with van der Waals surface area (Å²) in [7, 11) is 1.85. The number of fused-ring (bicyclic) bond motifs is 1. The van der Waals surface area contributed by atoms with Crippen molar-refractivity contribution >= 4 is 16.8 Å². The maximum Gasteiger partial charge on any atom is 0.274 e. The third-order valence-corrected chi connectivity index (χ3v) is 3.97. The van der Waals surface area contributed by atoms with Gasteiger partial charge in [-0.25, -0.2) is 0 Å². The minimum atomic E-state index is -0.0124. The van der Waals surface area contributed by atoms with Crippen molar-refractivity contribution in [1.29, 1.82) is 0 Å². The summed E-state index contributed by atoms with van der Waals surface area (Å²) < 4.78 is 0. The maximum absolute atomic E-state index is 12.4. The van der Waals surface area contributed by atoms with Gasteiger partial charge in [0.05, 0.1) is 5.52 Å². The van der Waals surface area contributed by atoms with Crippen LogP contribution in [-0.2, 0) is 0 Å². The Morgan fingerprint density at radius 1 is 1.35 bits per heavy atom. The lowest BCUT2D eigenvalue weighted by molar-refractivity contribution is 0.0778. The van der Waals surface area contributed by atoms with E-state index in [9.17, 15) is 4.79 Å². The van der Waals surface area contributed by atoms with Crippen molar-refractivity contribution in [3.63, 3.8) is 0 Å². The van der Waals surface area contributed by atoms with Crippen LogP contribution in [0.2, 0.25) is 0 Å². The van der Waals surface area contributed by atoms with Crippen LogP contribution in [0.1, 0.15) is 23.3 Å². The molecule has 2 aromatic rings. The van der Waals surface area contributed by atoms with Gasteiger partial charge in [0, 0.05) is 25.5 Å². The molecular formula is C15H20N4O. The first-order valence-electron chi connectivity index (χ1n) is 7.16. The molecule has 0 atom stereocenters. The number of rotatable bonds is 4. The zero-order valence-electron chi connectivity index (χ0n) is 11.8. The molecule has 1 saturated heterocycles. The Kier molecular flexibility index (Phi) is 3.69. The van der Waals surface area contributed by atoms with Crippen LogP contribution in [-0.4, -0.2) is 59.1 Å². The van der Waals surface area contributed by atoms with Crippen molar-refractivity contribution in [3.8, 4) is 0 Å². The second-order valence-electron chi connectivity index (χ2n) is 5.39. The molecule has 0 radical (unpaired) electrons. The summed E-state index contributed by atoms with van der Waals surface area (Å²) in [6.45, 7) is 4.02. The van der Waals surface area contributed by atoms with Gasteiger partial charge in [0.15, 0.2) is 5.69 Å². The molecule has 20 heavy (non-hydrogen) atoms. The Labute approximate surface area is 118 Å². The number of nitrogens with one attached hydrogen (secondary N) is 1. The van der Waals surface area contributed by atoms with Gasteiger partial charge in [-0.05, 0) is 32.0 Å². The van der Waals surface area contributed by atoms with E-state index in [0.717, 1.165) is 37.1 Å². The van der Waals surface area contributed by atoms with Crippen LogP contribution < -0.4 is 0 Å². The first-order chi connectivity index (χ1) is 9.75. The van der Waals surface area contributed by atoms with Crippen molar-refractivity contribution in [2.24, 2.45) is 0 Å². The van der Waals surface area contributed by atoms with E-state index in [1.807, 2.05) is 31.3 Å². The largest absolute Gasteiger partial charge is 0.339 e. The number of hydrogen-bond acceptors (Lipinski definition) is 3. The van der Waals surface area contributed by atoms with E-state index in [-0.39, 0.29) is 5.91 Å². The zero-order chi connectivity index (χ0) is 13.9. The molecule has 0 spiro atoms. The number of hydrogen-bond donors (Lipinski definition) is 1. The molecule has 1 N–H and O–H groups in total. The van der Waals surface area contributed by atoms with Crippen LogP contribution in [0.25, 0.3) is 10.9 Å². The molecule has 0 aliphatic carbocycles. The van der Waals surface area contributed by atoms with Crippen molar-refractivity contribution < 1.29 is 4.79 Å². The molecule has 106 valence electrons. The monoisotopic (exact) mass is 272 g/mol. The number of nitrogens with zero attached hydrogens (tertiary/aromatic N) is 3. The predicted octanol–water partition coefficient (Wildman–Crippen LogP) is 1.73. The lowest BCUT2D eigenvalue weighted by Gasteiger charge is -2.20. The average molecular weight is 272 g/mol. The lowest BCUT2D eigenvalue weighted by atomic mass is 10.2. The molecule has 1 amide bonds. The fourth-order valence-corrected chi connectivity index (χ4v) is 2.71. The van der Waals surface area contributed by atoms with Gasteiger partial charge in [-0.1, -0.05) is 18.2 Å². The predicted molar refractivity (Wildman–Crippen MR) is 78.7 cm³/mol. The lowest BCUT2D eigenvalue weighted by Crippen LogP contribution is -2.35. The van der Waals surface area contributed by atoms with Crippen LogP contribution in [0.15, 0.2) is 24.3 Å². The summed E-state index contributed by atoms with van der Waals surface area (Å²) in [5, 5.41) is 7.97. The number of aromatic amines is 1. The molecule has 1 aromatic heterocycles. The first kappa shape index (κ1) is 13.1. The molecule has 0 bridgehead atoms. The second-order valence-corrected chi connectivity index (χ2v) is 5.39. The quantitative estimate of drug-likeness (QED) is 0.922. The highest BCUT2D eigenvalue weighted by molar-refractivity contribution is 6.04. The molecule has 0 unspecified atom stereocenters. The van der Waals surface area contributed by atoms with Crippen LogP contribution in [0.4, 0.5) is 0 Å². The fraction of sp³-hybridized carbons (Fsp3) is 0.467. The average Bonchev–Trinajstić information content (AvgIpc) is 3.13. The van der Waals surface area contributed by atoms with Gasteiger partial charge >= 0.3 is 0 Å². The number of amides is 1. The molecule has 2 heterocycles. The first-order valence-corrected chi connectivity index (χ1v) is 7.16. The smallest absolute Gasteiger partial charge is 0.274 e. The molecule has 5 heteroatoms. The van der Waals surface area contributed by atoms with Gasteiger partial charge < -0.3 is 9.80 Å². The Bertz CT molecular complexity index is 601. The van der Waals surface area contributed by atoms with E-state index in [0.29, 0.717) is 5.69 Å². The molecule has 0 saturated carbocycles. The van der Waals surface area contributed by atoms with Crippen molar-refractivity contribution in [3.05, 3.63) is 30.0 Å². The highest BCUT2D eigenvalue weighted by Gasteiger charge is 2.19.